The summed E-state index contributed by atoms with van der Waals surface area (Å²) in [6.07, 6.45) is -0.355. The lowest BCUT2D eigenvalue weighted by molar-refractivity contribution is 0.140. The summed E-state index contributed by atoms with van der Waals surface area (Å²) in [6.45, 7) is 0.957. The van der Waals surface area contributed by atoms with Crippen molar-refractivity contribution < 1.29 is 5.11 Å². The number of halogens is 2. The zero-order valence-electron chi connectivity index (χ0n) is 10.3. The average Bonchev–Trinajstić information content (AvgIpc) is 2.37. The number of aliphatic hydroxyl groups excluding tert-OH is 1. The Morgan fingerprint density at radius 2 is 1.95 bits per heavy atom. The summed E-state index contributed by atoms with van der Waals surface area (Å²) >= 11 is 12.1. The molecule has 0 saturated carbocycles. The molecule has 104 valence electrons. The number of aliphatic hydroxyl groups is 1. The van der Waals surface area contributed by atoms with Crippen molar-refractivity contribution in [2.24, 2.45) is 0 Å². The fourth-order valence-electron chi connectivity index (χ4n) is 1.93. The zero-order chi connectivity index (χ0) is 14.3. The van der Waals surface area contributed by atoms with Crippen LogP contribution in [0.4, 0.5) is 11.9 Å². The van der Waals surface area contributed by atoms with Crippen LogP contribution >= 0.6 is 23.2 Å². The molecule has 6 nitrogen and oxygen atoms in total. The highest BCUT2D eigenvalue weighted by atomic mass is 35.5. The Kier molecular flexibility index (Phi) is 3.37. The van der Waals surface area contributed by atoms with E-state index in [1.165, 1.54) is 0 Å². The Bertz CT molecular complexity index is 660. The summed E-state index contributed by atoms with van der Waals surface area (Å²) in [7, 11) is 0. The minimum Gasteiger partial charge on any atom is -0.389 e. The Morgan fingerprint density at radius 3 is 2.65 bits per heavy atom. The number of nitrogens with two attached hydrogens (primary N) is 1. The molecular weight excluding hydrogens is 301 g/mol. The van der Waals surface area contributed by atoms with Crippen LogP contribution in [0.3, 0.4) is 0 Å². The minimum absolute atomic E-state index is 0.0995. The number of aromatic nitrogens is 3. The normalized spacial score (nSPS) is 15.2. The molecule has 20 heavy (non-hydrogen) atoms. The number of hydrogen-bond acceptors (Lipinski definition) is 6. The van der Waals surface area contributed by atoms with E-state index < -0.39 is 0 Å². The summed E-state index contributed by atoms with van der Waals surface area (Å²) in [6, 6.07) is 5.03. The predicted octanol–water partition coefficient (Wildman–Crippen LogP) is 1.61. The van der Waals surface area contributed by atoms with Gasteiger partial charge in [0.2, 0.25) is 11.9 Å². The first-order valence-corrected chi connectivity index (χ1v) is 6.68. The Hall–Kier alpha value is -1.63. The van der Waals surface area contributed by atoms with Gasteiger partial charge in [-0.05, 0) is 18.2 Å². The van der Waals surface area contributed by atoms with Crippen LogP contribution in [0.1, 0.15) is 0 Å². The van der Waals surface area contributed by atoms with Gasteiger partial charge in [-0.1, -0.05) is 23.2 Å². The first-order chi connectivity index (χ1) is 9.52. The molecule has 1 saturated heterocycles. The van der Waals surface area contributed by atoms with Crippen molar-refractivity contribution in [1.29, 1.82) is 0 Å². The molecule has 2 aromatic rings. The summed E-state index contributed by atoms with van der Waals surface area (Å²) < 4.78 is 0. The van der Waals surface area contributed by atoms with Crippen LogP contribution in [0.5, 0.6) is 0 Å². The molecule has 0 unspecified atom stereocenters. The fourth-order valence-corrected chi connectivity index (χ4v) is 2.30. The van der Waals surface area contributed by atoms with E-state index in [4.69, 9.17) is 28.9 Å². The SMILES string of the molecule is Nc1nc(-c2cc(Cl)ccc2Cl)nc(N2CC(O)C2)n1. The highest BCUT2D eigenvalue weighted by Crippen LogP contribution is 2.29. The Labute approximate surface area is 125 Å². The lowest BCUT2D eigenvalue weighted by Gasteiger charge is -2.35. The van der Waals surface area contributed by atoms with Gasteiger partial charge in [-0.3, -0.25) is 0 Å². The van der Waals surface area contributed by atoms with Gasteiger partial charge in [-0.2, -0.15) is 15.0 Å². The summed E-state index contributed by atoms with van der Waals surface area (Å²) in [5.74, 6) is 0.887. The van der Waals surface area contributed by atoms with E-state index in [2.05, 4.69) is 15.0 Å². The van der Waals surface area contributed by atoms with Crippen LogP contribution in [-0.2, 0) is 0 Å². The van der Waals surface area contributed by atoms with Crippen molar-refractivity contribution in [3.05, 3.63) is 28.2 Å². The van der Waals surface area contributed by atoms with E-state index in [1.54, 1.807) is 18.2 Å². The van der Waals surface area contributed by atoms with E-state index in [0.29, 0.717) is 40.5 Å². The second-order valence-corrected chi connectivity index (χ2v) is 5.34. The van der Waals surface area contributed by atoms with Crippen LogP contribution in [0.2, 0.25) is 10.0 Å². The maximum atomic E-state index is 9.33. The number of β-amino-alcohol motifs (C(OH)–C–C–N with tert-alkyl or cyclic N) is 1. The molecule has 0 spiro atoms. The second-order valence-electron chi connectivity index (χ2n) is 4.50. The van der Waals surface area contributed by atoms with E-state index in [0.717, 1.165) is 0 Å². The van der Waals surface area contributed by atoms with Crippen LogP contribution in [0, 0.1) is 0 Å². The maximum absolute atomic E-state index is 9.33. The molecule has 1 aromatic heterocycles. The molecular formula is C12H11Cl2N5O. The highest BCUT2D eigenvalue weighted by molar-refractivity contribution is 6.35. The molecule has 2 heterocycles. The lowest BCUT2D eigenvalue weighted by atomic mass is 10.2. The quantitative estimate of drug-likeness (QED) is 0.876. The average molecular weight is 312 g/mol. The van der Waals surface area contributed by atoms with Crippen molar-refractivity contribution in [3.63, 3.8) is 0 Å². The molecule has 0 atom stereocenters. The summed E-state index contributed by atoms with van der Waals surface area (Å²) in [5.41, 5.74) is 6.30. The monoisotopic (exact) mass is 311 g/mol. The third-order valence-electron chi connectivity index (χ3n) is 2.96. The van der Waals surface area contributed by atoms with E-state index in [-0.39, 0.29) is 12.1 Å². The van der Waals surface area contributed by atoms with Crippen LogP contribution in [0.15, 0.2) is 18.2 Å². The second kappa shape index (κ2) is 5.05. The largest absolute Gasteiger partial charge is 0.389 e. The van der Waals surface area contributed by atoms with Gasteiger partial charge in [0.05, 0.1) is 11.1 Å². The van der Waals surface area contributed by atoms with Gasteiger partial charge in [0.1, 0.15) is 0 Å². The molecule has 0 amide bonds. The number of benzene rings is 1. The van der Waals surface area contributed by atoms with Gasteiger partial charge in [0.25, 0.3) is 0 Å². The molecule has 1 aromatic carbocycles. The number of nitrogen functional groups attached to an aromatic ring is 1. The van der Waals surface area contributed by atoms with Crippen molar-refractivity contribution >= 4 is 35.1 Å². The third-order valence-corrected chi connectivity index (χ3v) is 3.52. The molecule has 8 heteroatoms. The highest BCUT2D eigenvalue weighted by Gasteiger charge is 2.27. The van der Waals surface area contributed by atoms with E-state index in [9.17, 15) is 5.11 Å². The van der Waals surface area contributed by atoms with Gasteiger partial charge in [-0.15, -0.1) is 0 Å². The number of hydrogen-bond donors (Lipinski definition) is 2. The molecule has 3 rings (SSSR count). The zero-order valence-corrected chi connectivity index (χ0v) is 11.8. The molecule has 0 radical (unpaired) electrons. The van der Waals surface area contributed by atoms with Crippen LogP contribution < -0.4 is 10.6 Å². The number of anilines is 2. The van der Waals surface area contributed by atoms with Crippen molar-refractivity contribution in [1.82, 2.24) is 15.0 Å². The van der Waals surface area contributed by atoms with Gasteiger partial charge < -0.3 is 15.7 Å². The Morgan fingerprint density at radius 1 is 1.20 bits per heavy atom. The first kappa shape index (κ1) is 13.4. The van der Waals surface area contributed by atoms with Gasteiger partial charge in [-0.25, -0.2) is 0 Å². The van der Waals surface area contributed by atoms with Gasteiger partial charge in [0, 0.05) is 23.7 Å². The van der Waals surface area contributed by atoms with Gasteiger partial charge >= 0.3 is 0 Å². The van der Waals surface area contributed by atoms with Crippen molar-refractivity contribution in [3.8, 4) is 11.4 Å². The fraction of sp³-hybridized carbons (Fsp3) is 0.250. The molecule has 1 fully saturated rings. The molecule has 0 bridgehead atoms. The van der Waals surface area contributed by atoms with Crippen LogP contribution in [0.25, 0.3) is 11.4 Å². The predicted molar refractivity (Wildman–Crippen MR) is 77.9 cm³/mol. The Balaban J connectivity index is 2.03. The lowest BCUT2D eigenvalue weighted by Crippen LogP contribution is -2.51. The van der Waals surface area contributed by atoms with E-state index >= 15 is 0 Å². The topological polar surface area (TPSA) is 88.2 Å². The summed E-state index contributed by atoms with van der Waals surface area (Å²) in [5, 5.41) is 10.3. The first-order valence-electron chi connectivity index (χ1n) is 5.93. The smallest absolute Gasteiger partial charge is 0.230 e. The third kappa shape index (κ3) is 2.49. The molecule has 1 aliphatic heterocycles. The van der Waals surface area contributed by atoms with Gasteiger partial charge in [0.15, 0.2) is 5.82 Å². The molecule has 1 aliphatic rings. The van der Waals surface area contributed by atoms with Crippen molar-refractivity contribution in [2.75, 3.05) is 23.7 Å². The molecule has 3 N–H and O–H groups in total. The van der Waals surface area contributed by atoms with E-state index in [1.807, 2.05) is 4.90 Å². The molecule has 0 aliphatic carbocycles. The number of nitrogens with zero attached hydrogens (tertiary/aromatic N) is 4. The maximum Gasteiger partial charge on any atom is 0.230 e. The van der Waals surface area contributed by atoms with Crippen LogP contribution in [-0.4, -0.2) is 39.3 Å². The standard InChI is InChI=1S/C12H11Cl2N5O/c13-6-1-2-9(14)8(3-6)10-16-11(15)18-12(17-10)19-4-7(20)5-19/h1-3,7,20H,4-5H2,(H2,15,16,17,18). The number of rotatable bonds is 2. The van der Waals surface area contributed by atoms with Crippen molar-refractivity contribution in [2.45, 2.75) is 6.10 Å². The minimum atomic E-state index is -0.355. The summed E-state index contributed by atoms with van der Waals surface area (Å²) in [4.78, 5) is 14.3.